The van der Waals surface area contributed by atoms with Gasteiger partial charge in [-0.25, -0.2) is 8.42 Å². The standard InChI is InChI=1S/C22H28N2O5S/c1-2-28-20-11-6-7-12-21(20)29-18-8-13-22(25)23-14-16-24(17-15-23)30(26,27)19-9-4-3-5-10-19/h3-7,9-12H,2,8,13-18H2,1H3. The Kier molecular flexibility index (Phi) is 7.70. The maximum Gasteiger partial charge on any atom is 0.243 e. The molecule has 0 atom stereocenters. The lowest BCUT2D eigenvalue weighted by Gasteiger charge is -2.34. The maximum absolute atomic E-state index is 12.7. The van der Waals surface area contributed by atoms with E-state index >= 15 is 0 Å². The third-order valence-electron chi connectivity index (χ3n) is 4.91. The van der Waals surface area contributed by atoms with Crippen molar-refractivity contribution in [2.75, 3.05) is 39.4 Å². The van der Waals surface area contributed by atoms with Gasteiger partial charge in [-0.3, -0.25) is 4.79 Å². The lowest BCUT2D eigenvalue weighted by molar-refractivity contribution is -0.132. The zero-order valence-electron chi connectivity index (χ0n) is 17.2. The van der Waals surface area contributed by atoms with Crippen molar-refractivity contribution < 1.29 is 22.7 Å². The SMILES string of the molecule is CCOc1ccccc1OCCCC(=O)N1CCN(S(=O)(=O)c2ccccc2)CC1. The molecule has 7 nitrogen and oxygen atoms in total. The van der Waals surface area contributed by atoms with Gasteiger partial charge in [-0.1, -0.05) is 30.3 Å². The lowest BCUT2D eigenvalue weighted by Crippen LogP contribution is -2.50. The Morgan fingerprint density at radius 3 is 2.13 bits per heavy atom. The molecule has 2 aromatic rings. The summed E-state index contributed by atoms with van der Waals surface area (Å²) in [5.41, 5.74) is 0. The molecular weight excluding hydrogens is 404 g/mol. The van der Waals surface area contributed by atoms with Crippen LogP contribution in [0.25, 0.3) is 0 Å². The molecule has 1 fully saturated rings. The van der Waals surface area contributed by atoms with E-state index in [0.29, 0.717) is 63.7 Å². The van der Waals surface area contributed by atoms with Gasteiger partial charge in [0.25, 0.3) is 0 Å². The first-order valence-electron chi connectivity index (χ1n) is 10.2. The van der Waals surface area contributed by atoms with Gasteiger partial charge in [0.15, 0.2) is 11.5 Å². The van der Waals surface area contributed by atoms with Gasteiger partial charge in [0, 0.05) is 32.6 Å². The molecule has 3 rings (SSSR count). The van der Waals surface area contributed by atoms with Gasteiger partial charge in [0.2, 0.25) is 15.9 Å². The second kappa shape index (κ2) is 10.4. The predicted molar refractivity (Wildman–Crippen MR) is 114 cm³/mol. The summed E-state index contributed by atoms with van der Waals surface area (Å²) in [6.07, 6.45) is 0.948. The lowest BCUT2D eigenvalue weighted by atomic mass is 10.2. The van der Waals surface area contributed by atoms with Crippen molar-refractivity contribution in [1.29, 1.82) is 0 Å². The third-order valence-corrected chi connectivity index (χ3v) is 6.83. The van der Waals surface area contributed by atoms with E-state index in [1.54, 1.807) is 35.2 Å². The Bertz CT molecular complexity index is 926. The number of benzene rings is 2. The molecule has 0 radical (unpaired) electrons. The van der Waals surface area contributed by atoms with Crippen molar-refractivity contribution in [1.82, 2.24) is 9.21 Å². The Morgan fingerprint density at radius 2 is 1.50 bits per heavy atom. The van der Waals surface area contributed by atoms with Gasteiger partial charge in [0.1, 0.15) is 0 Å². The number of rotatable bonds is 9. The number of piperazine rings is 1. The van der Waals surface area contributed by atoms with E-state index in [-0.39, 0.29) is 10.8 Å². The molecule has 1 aliphatic heterocycles. The quantitative estimate of drug-likeness (QED) is 0.570. The fourth-order valence-corrected chi connectivity index (χ4v) is 4.77. The molecule has 162 valence electrons. The van der Waals surface area contributed by atoms with Gasteiger partial charge in [-0.15, -0.1) is 0 Å². The van der Waals surface area contributed by atoms with Crippen LogP contribution in [0.1, 0.15) is 19.8 Å². The highest BCUT2D eigenvalue weighted by molar-refractivity contribution is 7.89. The van der Waals surface area contributed by atoms with Crippen molar-refractivity contribution in [3.8, 4) is 11.5 Å². The molecule has 1 saturated heterocycles. The second-order valence-corrected chi connectivity index (χ2v) is 8.87. The third kappa shape index (κ3) is 5.52. The number of hydrogen-bond donors (Lipinski definition) is 0. The molecule has 1 amide bonds. The van der Waals surface area contributed by atoms with Crippen LogP contribution in [0.4, 0.5) is 0 Å². The zero-order chi connectivity index (χ0) is 21.4. The number of carbonyl (C=O) groups is 1. The molecule has 0 aromatic heterocycles. The number of ether oxygens (including phenoxy) is 2. The Hall–Kier alpha value is -2.58. The van der Waals surface area contributed by atoms with Crippen LogP contribution >= 0.6 is 0 Å². The monoisotopic (exact) mass is 432 g/mol. The number of amides is 1. The summed E-state index contributed by atoms with van der Waals surface area (Å²) in [7, 11) is -3.51. The number of hydrogen-bond acceptors (Lipinski definition) is 5. The number of nitrogens with zero attached hydrogens (tertiary/aromatic N) is 2. The number of para-hydroxylation sites is 2. The molecule has 0 aliphatic carbocycles. The summed E-state index contributed by atoms with van der Waals surface area (Å²) >= 11 is 0. The van der Waals surface area contributed by atoms with E-state index in [4.69, 9.17) is 9.47 Å². The first kappa shape index (κ1) is 22.1. The average molecular weight is 433 g/mol. The molecule has 1 heterocycles. The second-order valence-electron chi connectivity index (χ2n) is 6.93. The largest absolute Gasteiger partial charge is 0.490 e. The molecule has 0 spiro atoms. The van der Waals surface area contributed by atoms with Crippen LogP contribution in [-0.4, -0.2) is 62.9 Å². The van der Waals surface area contributed by atoms with Crippen LogP contribution in [0, 0.1) is 0 Å². The molecule has 8 heteroatoms. The van der Waals surface area contributed by atoms with Crippen LogP contribution in [0.15, 0.2) is 59.5 Å². The summed E-state index contributed by atoms with van der Waals surface area (Å²) in [6.45, 7) is 4.31. The molecule has 0 saturated carbocycles. The van der Waals surface area contributed by atoms with E-state index in [2.05, 4.69) is 0 Å². The van der Waals surface area contributed by atoms with Crippen LogP contribution in [0.3, 0.4) is 0 Å². The molecule has 0 N–H and O–H groups in total. The van der Waals surface area contributed by atoms with Crippen molar-refractivity contribution in [3.63, 3.8) is 0 Å². The predicted octanol–water partition coefficient (Wildman–Crippen LogP) is 2.78. The van der Waals surface area contributed by atoms with Crippen LogP contribution in [0.5, 0.6) is 11.5 Å². The molecule has 0 unspecified atom stereocenters. The molecular formula is C22H28N2O5S. The van der Waals surface area contributed by atoms with E-state index in [9.17, 15) is 13.2 Å². The van der Waals surface area contributed by atoms with Gasteiger partial charge < -0.3 is 14.4 Å². The van der Waals surface area contributed by atoms with Crippen molar-refractivity contribution in [3.05, 3.63) is 54.6 Å². The first-order chi connectivity index (χ1) is 14.5. The minimum Gasteiger partial charge on any atom is -0.490 e. The Morgan fingerprint density at radius 1 is 0.900 bits per heavy atom. The maximum atomic E-state index is 12.7. The van der Waals surface area contributed by atoms with Crippen LogP contribution in [-0.2, 0) is 14.8 Å². The van der Waals surface area contributed by atoms with Gasteiger partial charge >= 0.3 is 0 Å². The van der Waals surface area contributed by atoms with E-state index < -0.39 is 10.0 Å². The Labute approximate surface area is 178 Å². The average Bonchev–Trinajstić information content (AvgIpc) is 2.78. The smallest absolute Gasteiger partial charge is 0.243 e. The van der Waals surface area contributed by atoms with Crippen molar-refractivity contribution in [2.45, 2.75) is 24.7 Å². The zero-order valence-corrected chi connectivity index (χ0v) is 18.0. The van der Waals surface area contributed by atoms with E-state index in [0.717, 1.165) is 0 Å². The van der Waals surface area contributed by atoms with E-state index in [1.165, 1.54) is 4.31 Å². The highest BCUT2D eigenvalue weighted by Gasteiger charge is 2.29. The highest BCUT2D eigenvalue weighted by atomic mass is 32.2. The van der Waals surface area contributed by atoms with Crippen LogP contribution < -0.4 is 9.47 Å². The van der Waals surface area contributed by atoms with Gasteiger partial charge in [-0.05, 0) is 37.6 Å². The van der Waals surface area contributed by atoms with Crippen molar-refractivity contribution in [2.24, 2.45) is 0 Å². The fourth-order valence-electron chi connectivity index (χ4n) is 3.33. The molecule has 30 heavy (non-hydrogen) atoms. The summed E-state index contributed by atoms with van der Waals surface area (Å²) in [6, 6.07) is 15.9. The van der Waals surface area contributed by atoms with Crippen molar-refractivity contribution >= 4 is 15.9 Å². The molecule has 1 aliphatic rings. The molecule has 2 aromatic carbocycles. The van der Waals surface area contributed by atoms with E-state index in [1.807, 2.05) is 31.2 Å². The summed E-state index contributed by atoms with van der Waals surface area (Å²) in [4.78, 5) is 14.5. The minimum atomic E-state index is -3.51. The van der Waals surface area contributed by atoms with Gasteiger partial charge in [0.05, 0.1) is 18.1 Å². The van der Waals surface area contributed by atoms with Gasteiger partial charge in [-0.2, -0.15) is 4.31 Å². The summed E-state index contributed by atoms with van der Waals surface area (Å²) in [5, 5.41) is 0. The highest BCUT2D eigenvalue weighted by Crippen LogP contribution is 2.26. The molecule has 0 bridgehead atoms. The summed E-state index contributed by atoms with van der Waals surface area (Å²) < 4.78 is 38.1. The normalized spacial score (nSPS) is 15.0. The topological polar surface area (TPSA) is 76.2 Å². The van der Waals surface area contributed by atoms with Crippen LogP contribution in [0.2, 0.25) is 0 Å². The number of sulfonamides is 1. The number of carbonyl (C=O) groups excluding carboxylic acids is 1. The summed E-state index contributed by atoms with van der Waals surface area (Å²) in [5.74, 6) is 1.39. The fraction of sp³-hybridized carbons (Fsp3) is 0.409. The Balaban J connectivity index is 1.43. The first-order valence-corrected chi connectivity index (χ1v) is 11.6. The minimum absolute atomic E-state index is 0.0217.